The molecule has 6 rings (SSSR count). The van der Waals surface area contributed by atoms with Crippen LogP contribution in [0.3, 0.4) is 0 Å². The molecule has 0 spiro atoms. The topological polar surface area (TPSA) is 99.3 Å². The Kier molecular flexibility index (Phi) is 4.85. The number of hydrogen-bond donors (Lipinski definition) is 3. The smallest absolute Gasteiger partial charge is 0.228 e. The van der Waals surface area contributed by atoms with Crippen LogP contribution in [0, 0.1) is 0 Å². The molecule has 0 saturated heterocycles. The van der Waals surface area contributed by atoms with E-state index in [1.54, 1.807) is 18.6 Å². The summed E-state index contributed by atoms with van der Waals surface area (Å²) in [6, 6.07) is 23.6. The van der Waals surface area contributed by atoms with Crippen LogP contribution in [-0.4, -0.2) is 31.1 Å². The fraction of sp³-hybridized carbons (Fsp3) is 0.0370. The molecule has 0 atom stereocenters. The minimum atomic E-state index is -0.0786. The monoisotopic (exact) mass is 444 g/mol. The zero-order valence-corrected chi connectivity index (χ0v) is 18.1. The summed E-state index contributed by atoms with van der Waals surface area (Å²) in [5.74, 6) is -0.0786. The fourth-order valence-electron chi connectivity index (χ4n) is 4.14. The van der Waals surface area contributed by atoms with E-state index in [-0.39, 0.29) is 5.91 Å². The van der Waals surface area contributed by atoms with Gasteiger partial charge < -0.3 is 10.3 Å². The Morgan fingerprint density at radius 1 is 0.882 bits per heavy atom. The number of amides is 1. The highest BCUT2D eigenvalue weighted by Gasteiger charge is 2.13. The molecule has 6 aromatic rings. The number of nitrogens with one attached hydrogen (secondary N) is 3. The molecule has 4 aromatic heterocycles. The molecule has 7 nitrogen and oxygen atoms in total. The number of aromatic nitrogens is 5. The summed E-state index contributed by atoms with van der Waals surface area (Å²) in [7, 11) is 0. The fourth-order valence-corrected chi connectivity index (χ4v) is 4.14. The molecule has 0 aliphatic heterocycles. The van der Waals surface area contributed by atoms with Gasteiger partial charge in [0.1, 0.15) is 5.69 Å². The van der Waals surface area contributed by atoms with Crippen molar-refractivity contribution in [2.75, 3.05) is 5.32 Å². The van der Waals surface area contributed by atoms with Crippen LogP contribution in [0.4, 0.5) is 5.69 Å². The first kappa shape index (κ1) is 19.9. The number of benzene rings is 2. The Balaban J connectivity index is 1.30. The van der Waals surface area contributed by atoms with Crippen LogP contribution >= 0.6 is 0 Å². The maximum Gasteiger partial charge on any atom is 0.228 e. The van der Waals surface area contributed by atoms with Gasteiger partial charge in [-0.3, -0.25) is 19.9 Å². The van der Waals surface area contributed by atoms with E-state index >= 15 is 0 Å². The van der Waals surface area contributed by atoms with Crippen molar-refractivity contribution in [3.63, 3.8) is 0 Å². The van der Waals surface area contributed by atoms with E-state index in [0.717, 1.165) is 50.0 Å². The highest BCUT2D eigenvalue weighted by atomic mass is 16.1. The van der Waals surface area contributed by atoms with Crippen LogP contribution in [0.5, 0.6) is 0 Å². The van der Waals surface area contributed by atoms with Crippen LogP contribution < -0.4 is 5.32 Å². The minimum absolute atomic E-state index is 0.0786. The lowest BCUT2D eigenvalue weighted by atomic mass is 10.0. The SMILES string of the molecule is O=C(Cc1ccccc1)Nc1cncc(-c2ccc3[nH]nc(-c4cc5ncccc5[nH]4)c3c2)c1. The highest BCUT2D eigenvalue weighted by molar-refractivity contribution is 5.97. The maximum absolute atomic E-state index is 12.5. The Morgan fingerprint density at radius 3 is 2.68 bits per heavy atom. The molecule has 34 heavy (non-hydrogen) atoms. The van der Waals surface area contributed by atoms with Crippen LogP contribution in [0.2, 0.25) is 0 Å². The second kappa shape index (κ2) is 8.29. The molecule has 0 fully saturated rings. The van der Waals surface area contributed by atoms with Gasteiger partial charge in [0.2, 0.25) is 5.91 Å². The third kappa shape index (κ3) is 3.80. The summed E-state index contributed by atoms with van der Waals surface area (Å²) in [6.45, 7) is 0. The molecule has 0 aliphatic rings. The average molecular weight is 444 g/mol. The zero-order chi connectivity index (χ0) is 22.9. The molecule has 0 aliphatic carbocycles. The third-order valence-electron chi connectivity index (χ3n) is 5.77. The van der Waals surface area contributed by atoms with Crippen molar-refractivity contribution >= 4 is 33.5 Å². The number of hydrogen-bond acceptors (Lipinski definition) is 4. The number of aromatic amines is 2. The first-order valence-electron chi connectivity index (χ1n) is 10.9. The Bertz CT molecular complexity index is 1600. The number of carbonyl (C=O) groups is 1. The van der Waals surface area contributed by atoms with Crippen LogP contribution in [-0.2, 0) is 11.2 Å². The Hall–Kier alpha value is -4.78. The number of H-pyrrole nitrogens is 2. The predicted octanol–water partition coefficient (Wildman–Crippen LogP) is 5.35. The number of rotatable bonds is 5. The van der Waals surface area contributed by atoms with Crippen molar-refractivity contribution in [2.45, 2.75) is 6.42 Å². The summed E-state index contributed by atoms with van der Waals surface area (Å²) < 4.78 is 0. The van der Waals surface area contributed by atoms with Crippen LogP contribution in [0.15, 0.2) is 91.4 Å². The number of fused-ring (bicyclic) bond motifs is 2. The zero-order valence-electron chi connectivity index (χ0n) is 18.1. The third-order valence-corrected chi connectivity index (χ3v) is 5.77. The molecule has 1 amide bonds. The second-order valence-corrected chi connectivity index (χ2v) is 8.12. The molecule has 164 valence electrons. The summed E-state index contributed by atoms with van der Waals surface area (Å²) in [6.07, 6.45) is 5.54. The Labute approximate surface area is 194 Å². The molecule has 7 heteroatoms. The van der Waals surface area contributed by atoms with E-state index in [1.807, 2.05) is 66.7 Å². The molecule has 0 bridgehead atoms. The predicted molar refractivity (Wildman–Crippen MR) is 133 cm³/mol. The summed E-state index contributed by atoms with van der Waals surface area (Å²) in [4.78, 5) is 24.6. The molecule has 0 saturated carbocycles. The van der Waals surface area contributed by atoms with Gasteiger partial charge in [-0.1, -0.05) is 36.4 Å². The van der Waals surface area contributed by atoms with E-state index in [0.29, 0.717) is 12.1 Å². The number of pyridine rings is 2. The van der Waals surface area contributed by atoms with Gasteiger partial charge in [-0.15, -0.1) is 0 Å². The second-order valence-electron chi connectivity index (χ2n) is 8.12. The summed E-state index contributed by atoms with van der Waals surface area (Å²) in [5, 5.41) is 11.6. The van der Waals surface area contributed by atoms with Gasteiger partial charge in [0.05, 0.1) is 40.5 Å². The van der Waals surface area contributed by atoms with Gasteiger partial charge in [0.25, 0.3) is 0 Å². The van der Waals surface area contributed by atoms with Crippen molar-refractivity contribution in [3.8, 4) is 22.5 Å². The van der Waals surface area contributed by atoms with Crippen molar-refractivity contribution in [2.24, 2.45) is 0 Å². The van der Waals surface area contributed by atoms with Crippen molar-refractivity contribution in [3.05, 3.63) is 97.0 Å². The minimum Gasteiger partial charge on any atom is -0.352 e. The van der Waals surface area contributed by atoms with Gasteiger partial charge in [-0.05, 0) is 47.5 Å². The van der Waals surface area contributed by atoms with Gasteiger partial charge in [0.15, 0.2) is 0 Å². The number of nitrogens with zero attached hydrogens (tertiary/aromatic N) is 3. The highest BCUT2D eigenvalue weighted by Crippen LogP contribution is 2.31. The number of anilines is 1. The lowest BCUT2D eigenvalue weighted by Crippen LogP contribution is -2.14. The lowest BCUT2D eigenvalue weighted by Gasteiger charge is -2.08. The van der Waals surface area contributed by atoms with Crippen molar-refractivity contribution < 1.29 is 4.79 Å². The van der Waals surface area contributed by atoms with Gasteiger partial charge in [0, 0.05) is 23.3 Å². The molecular weight excluding hydrogens is 424 g/mol. The normalized spacial score (nSPS) is 11.2. The van der Waals surface area contributed by atoms with E-state index in [9.17, 15) is 4.79 Å². The Morgan fingerprint density at radius 2 is 1.79 bits per heavy atom. The van der Waals surface area contributed by atoms with Gasteiger partial charge in [-0.25, -0.2) is 0 Å². The van der Waals surface area contributed by atoms with Gasteiger partial charge >= 0.3 is 0 Å². The molecular formula is C27H20N6O. The molecule has 0 radical (unpaired) electrons. The van der Waals surface area contributed by atoms with Gasteiger partial charge in [-0.2, -0.15) is 5.10 Å². The summed E-state index contributed by atoms with van der Waals surface area (Å²) in [5.41, 5.74) is 8.04. The van der Waals surface area contributed by atoms with E-state index in [4.69, 9.17) is 0 Å². The number of carbonyl (C=O) groups excluding carboxylic acids is 1. The molecule has 2 aromatic carbocycles. The largest absolute Gasteiger partial charge is 0.352 e. The first-order chi connectivity index (χ1) is 16.7. The first-order valence-corrected chi connectivity index (χ1v) is 10.9. The van der Waals surface area contributed by atoms with Crippen molar-refractivity contribution in [1.82, 2.24) is 25.1 Å². The van der Waals surface area contributed by atoms with Crippen molar-refractivity contribution in [1.29, 1.82) is 0 Å². The maximum atomic E-state index is 12.5. The molecule has 0 unspecified atom stereocenters. The standard InChI is InChI=1S/C27H20N6O/c34-26(11-17-5-2-1-3-6-17)30-20-12-19(15-28-16-20)18-8-9-22-21(13-18)27(33-32-22)25-14-24-23(31-25)7-4-10-29-24/h1-10,12-16,31H,11H2,(H,30,34)(H,32,33). The van der Waals surface area contributed by atoms with Crippen LogP contribution in [0.1, 0.15) is 5.56 Å². The quantitative estimate of drug-likeness (QED) is 0.334. The lowest BCUT2D eigenvalue weighted by molar-refractivity contribution is -0.115. The van der Waals surface area contributed by atoms with E-state index in [2.05, 4.69) is 36.5 Å². The van der Waals surface area contributed by atoms with E-state index < -0.39 is 0 Å². The molecule has 4 heterocycles. The van der Waals surface area contributed by atoms with E-state index in [1.165, 1.54) is 0 Å². The molecule has 3 N–H and O–H groups in total. The van der Waals surface area contributed by atoms with Crippen LogP contribution in [0.25, 0.3) is 44.5 Å². The summed E-state index contributed by atoms with van der Waals surface area (Å²) >= 11 is 0. The average Bonchev–Trinajstić information content (AvgIpc) is 3.48.